The highest BCUT2D eigenvalue weighted by molar-refractivity contribution is 7.09. The van der Waals surface area contributed by atoms with Crippen LogP contribution in [0.25, 0.3) is 0 Å². The molecule has 0 unspecified atom stereocenters. The number of nitrogens with zero attached hydrogens (tertiary/aromatic N) is 3. The van der Waals surface area contributed by atoms with Gasteiger partial charge in [0.2, 0.25) is 11.8 Å². The number of aryl methyl sites for hydroxylation is 1. The number of nitrogens with one attached hydrogen (secondary N) is 1. The van der Waals surface area contributed by atoms with E-state index in [-0.39, 0.29) is 12.5 Å². The van der Waals surface area contributed by atoms with E-state index >= 15 is 0 Å². The van der Waals surface area contributed by atoms with E-state index in [2.05, 4.69) is 15.5 Å². The third-order valence-electron chi connectivity index (χ3n) is 6.02. The van der Waals surface area contributed by atoms with Crippen molar-refractivity contribution in [1.29, 1.82) is 0 Å². The van der Waals surface area contributed by atoms with Crippen LogP contribution in [-0.4, -0.2) is 35.8 Å². The molecule has 1 aliphatic carbocycles. The Labute approximate surface area is 190 Å². The molecule has 168 valence electrons. The molecule has 0 bridgehead atoms. The van der Waals surface area contributed by atoms with Gasteiger partial charge in [0.25, 0.3) is 0 Å². The summed E-state index contributed by atoms with van der Waals surface area (Å²) >= 11 is 1.63. The summed E-state index contributed by atoms with van der Waals surface area (Å²) in [7, 11) is 0. The van der Waals surface area contributed by atoms with Crippen LogP contribution in [0.15, 0.2) is 40.2 Å². The van der Waals surface area contributed by atoms with Gasteiger partial charge < -0.3 is 18.9 Å². The predicted octanol–water partition coefficient (Wildman–Crippen LogP) is 3.80. The molecule has 5 rings (SSSR count). The SMILES string of the molecule is Cc1nc(C2(NCC(=O)N(Cc3cccs3)c3ccc4c(c3)OCCO4)CCCC2)no1. The monoisotopic (exact) mass is 454 g/mol. The number of carbonyl (C=O) groups is 1. The topological polar surface area (TPSA) is 89.7 Å². The first-order chi connectivity index (χ1) is 15.6. The maximum Gasteiger partial charge on any atom is 0.241 e. The maximum absolute atomic E-state index is 13.5. The van der Waals surface area contributed by atoms with Gasteiger partial charge in [-0.1, -0.05) is 24.1 Å². The highest BCUT2D eigenvalue weighted by Crippen LogP contribution is 2.38. The Morgan fingerprint density at radius 2 is 2.00 bits per heavy atom. The fourth-order valence-electron chi connectivity index (χ4n) is 4.37. The predicted molar refractivity (Wildman–Crippen MR) is 120 cm³/mol. The van der Waals surface area contributed by atoms with Crippen LogP contribution in [0.4, 0.5) is 5.69 Å². The summed E-state index contributed by atoms with van der Waals surface area (Å²) in [4.78, 5) is 20.9. The molecule has 0 atom stereocenters. The van der Waals surface area contributed by atoms with Crippen molar-refractivity contribution in [3.05, 3.63) is 52.3 Å². The Morgan fingerprint density at radius 1 is 1.19 bits per heavy atom. The average molecular weight is 455 g/mol. The van der Waals surface area contributed by atoms with E-state index in [1.807, 2.05) is 35.7 Å². The number of aromatic nitrogens is 2. The fraction of sp³-hybridized carbons (Fsp3) is 0.435. The molecule has 0 radical (unpaired) electrons. The number of thiophene rings is 1. The van der Waals surface area contributed by atoms with E-state index in [0.29, 0.717) is 43.0 Å². The Morgan fingerprint density at radius 3 is 2.72 bits per heavy atom. The molecule has 1 fully saturated rings. The van der Waals surface area contributed by atoms with Gasteiger partial charge in [-0.05, 0) is 36.4 Å². The fourth-order valence-corrected chi connectivity index (χ4v) is 5.07. The summed E-state index contributed by atoms with van der Waals surface area (Å²) in [5.74, 6) is 2.53. The Kier molecular flexibility index (Phi) is 5.84. The molecule has 0 saturated heterocycles. The van der Waals surface area contributed by atoms with Gasteiger partial charge >= 0.3 is 0 Å². The van der Waals surface area contributed by atoms with Gasteiger partial charge in [-0.25, -0.2) is 0 Å². The van der Waals surface area contributed by atoms with Crippen molar-refractivity contribution in [1.82, 2.24) is 15.5 Å². The van der Waals surface area contributed by atoms with Crippen molar-refractivity contribution in [3.63, 3.8) is 0 Å². The van der Waals surface area contributed by atoms with E-state index in [0.717, 1.165) is 36.2 Å². The lowest BCUT2D eigenvalue weighted by atomic mass is 9.96. The highest BCUT2D eigenvalue weighted by atomic mass is 32.1. The van der Waals surface area contributed by atoms with Crippen LogP contribution >= 0.6 is 11.3 Å². The minimum atomic E-state index is -0.422. The van der Waals surface area contributed by atoms with Crippen molar-refractivity contribution >= 4 is 22.9 Å². The lowest BCUT2D eigenvalue weighted by Gasteiger charge is -2.29. The zero-order valence-electron chi connectivity index (χ0n) is 18.0. The number of carbonyl (C=O) groups excluding carboxylic acids is 1. The molecule has 9 heteroatoms. The summed E-state index contributed by atoms with van der Waals surface area (Å²) in [5, 5.41) is 9.67. The van der Waals surface area contributed by atoms with Gasteiger partial charge in [-0.15, -0.1) is 11.3 Å². The molecule has 2 aromatic heterocycles. The average Bonchev–Trinajstić information content (AvgIpc) is 3.58. The second-order valence-electron chi connectivity index (χ2n) is 8.17. The minimum absolute atomic E-state index is 0.0263. The molecule has 3 aromatic rings. The van der Waals surface area contributed by atoms with Crippen LogP contribution in [0.5, 0.6) is 11.5 Å². The van der Waals surface area contributed by atoms with Crippen LogP contribution in [0.1, 0.15) is 42.3 Å². The van der Waals surface area contributed by atoms with Crippen molar-refractivity contribution < 1.29 is 18.8 Å². The van der Waals surface area contributed by atoms with Gasteiger partial charge in [0.15, 0.2) is 17.3 Å². The van der Waals surface area contributed by atoms with Gasteiger partial charge in [0.05, 0.1) is 18.6 Å². The minimum Gasteiger partial charge on any atom is -0.486 e. The summed E-state index contributed by atoms with van der Waals surface area (Å²) in [5.41, 5.74) is 0.361. The number of hydrogen-bond donors (Lipinski definition) is 1. The molecular formula is C23H26N4O4S. The molecule has 8 nitrogen and oxygen atoms in total. The first kappa shape index (κ1) is 21.0. The van der Waals surface area contributed by atoms with E-state index in [4.69, 9.17) is 14.0 Å². The van der Waals surface area contributed by atoms with Gasteiger partial charge in [-0.2, -0.15) is 4.98 Å². The molecule has 1 saturated carbocycles. The number of fused-ring (bicyclic) bond motifs is 1. The van der Waals surface area contributed by atoms with Gasteiger partial charge in [0.1, 0.15) is 13.2 Å². The molecule has 2 aliphatic rings. The normalized spacial score (nSPS) is 16.8. The van der Waals surface area contributed by atoms with Gasteiger partial charge in [-0.3, -0.25) is 10.1 Å². The molecule has 3 heterocycles. The van der Waals surface area contributed by atoms with Crippen molar-refractivity contribution in [2.75, 3.05) is 24.7 Å². The number of rotatable bonds is 7. The summed E-state index contributed by atoms with van der Waals surface area (Å²) in [6.45, 7) is 3.49. The van der Waals surface area contributed by atoms with Crippen LogP contribution in [0.3, 0.4) is 0 Å². The first-order valence-corrected chi connectivity index (χ1v) is 11.8. The van der Waals surface area contributed by atoms with Crippen LogP contribution in [0, 0.1) is 6.92 Å². The number of benzene rings is 1. The van der Waals surface area contributed by atoms with E-state index in [9.17, 15) is 4.79 Å². The van der Waals surface area contributed by atoms with E-state index in [1.165, 1.54) is 0 Å². The first-order valence-electron chi connectivity index (χ1n) is 10.9. The second-order valence-corrected chi connectivity index (χ2v) is 9.20. The number of anilines is 1. The number of amides is 1. The van der Waals surface area contributed by atoms with Crippen molar-refractivity contribution in [2.24, 2.45) is 0 Å². The van der Waals surface area contributed by atoms with Crippen molar-refractivity contribution in [2.45, 2.75) is 44.7 Å². The Hall–Kier alpha value is -2.91. The largest absolute Gasteiger partial charge is 0.486 e. The zero-order chi connectivity index (χ0) is 22.0. The summed E-state index contributed by atoms with van der Waals surface area (Å²) in [6, 6.07) is 9.70. The highest BCUT2D eigenvalue weighted by Gasteiger charge is 2.40. The summed E-state index contributed by atoms with van der Waals surface area (Å²) in [6.07, 6.45) is 3.90. The number of ether oxygens (including phenoxy) is 2. The zero-order valence-corrected chi connectivity index (χ0v) is 18.8. The molecule has 1 aliphatic heterocycles. The second kappa shape index (κ2) is 8.91. The number of hydrogen-bond acceptors (Lipinski definition) is 8. The molecule has 32 heavy (non-hydrogen) atoms. The van der Waals surface area contributed by atoms with Crippen LogP contribution in [0.2, 0.25) is 0 Å². The standard InChI is InChI=1S/C23H26N4O4S/c1-16-25-22(26-31-16)23(8-2-3-9-23)24-14-21(28)27(15-18-5-4-12-32-18)17-6-7-19-20(13-17)30-11-10-29-19/h4-7,12-13,24H,2-3,8-11,14-15H2,1H3. The quantitative estimate of drug-likeness (QED) is 0.581. The Balaban J connectivity index is 1.38. The molecular weight excluding hydrogens is 428 g/mol. The summed E-state index contributed by atoms with van der Waals surface area (Å²) < 4.78 is 16.6. The van der Waals surface area contributed by atoms with Gasteiger partial charge in [0, 0.05) is 23.6 Å². The molecule has 1 amide bonds. The maximum atomic E-state index is 13.5. The molecule has 1 N–H and O–H groups in total. The smallest absolute Gasteiger partial charge is 0.241 e. The molecule has 1 aromatic carbocycles. The van der Waals surface area contributed by atoms with Crippen LogP contribution < -0.4 is 19.7 Å². The van der Waals surface area contributed by atoms with Crippen molar-refractivity contribution in [3.8, 4) is 11.5 Å². The van der Waals surface area contributed by atoms with E-state index < -0.39 is 5.54 Å². The van der Waals surface area contributed by atoms with Crippen LogP contribution in [-0.2, 0) is 16.9 Å². The Bertz CT molecular complexity index is 1080. The lowest BCUT2D eigenvalue weighted by Crippen LogP contribution is -2.47. The van der Waals surface area contributed by atoms with E-state index in [1.54, 1.807) is 23.2 Å². The third-order valence-corrected chi connectivity index (χ3v) is 6.88. The third kappa shape index (κ3) is 4.22. The molecule has 0 spiro atoms. The lowest BCUT2D eigenvalue weighted by molar-refractivity contribution is -0.118.